The van der Waals surface area contributed by atoms with Crippen LogP contribution in [-0.4, -0.2) is 36.5 Å². The predicted molar refractivity (Wildman–Crippen MR) is 93.9 cm³/mol. The Balaban J connectivity index is 1.86. The smallest absolute Gasteiger partial charge is 0.181 e. The molecule has 0 aliphatic heterocycles. The number of nitrogens with zero attached hydrogens (tertiary/aromatic N) is 2. The minimum absolute atomic E-state index is 0.459. The molecule has 0 radical (unpaired) electrons. The van der Waals surface area contributed by atoms with Crippen molar-refractivity contribution < 1.29 is 14.2 Å². The summed E-state index contributed by atoms with van der Waals surface area (Å²) in [6.07, 6.45) is 0. The molecule has 3 N–H and O–H groups in total. The Morgan fingerprint density at radius 2 is 1.64 bits per heavy atom. The van der Waals surface area contributed by atoms with Gasteiger partial charge in [0.05, 0.1) is 27.4 Å². The zero-order chi connectivity index (χ0) is 17.8. The van der Waals surface area contributed by atoms with Crippen LogP contribution < -0.4 is 19.9 Å². The Labute approximate surface area is 145 Å². The number of rotatable bonds is 6. The molecule has 0 bridgehead atoms. The molecule has 0 saturated carbocycles. The predicted octanol–water partition coefficient (Wildman–Crippen LogP) is 2.55. The van der Waals surface area contributed by atoms with E-state index in [-0.39, 0.29) is 0 Å². The third kappa shape index (κ3) is 3.41. The van der Waals surface area contributed by atoms with Crippen LogP contribution in [0.4, 0.5) is 0 Å². The first-order valence-electron chi connectivity index (χ1n) is 7.70. The van der Waals surface area contributed by atoms with E-state index >= 15 is 0 Å². The first-order chi connectivity index (χ1) is 12.2. The summed E-state index contributed by atoms with van der Waals surface area (Å²) >= 11 is 0. The normalized spacial score (nSPS) is 11.8. The summed E-state index contributed by atoms with van der Waals surface area (Å²) in [5, 5.41) is 7.16. The number of benzene rings is 2. The van der Waals surface area contributed by atoms with E-state index in [1.54, 1.807) is 21.3 Å². The van der Waals surface area contributed by atoms with Gasteiger partial charge in [0.1, 0.15) is 11.6 Å². The van der Waals surface area contributed by atoms with E-state index < -0.39 is 6.04 Å². The first-order valence-corrected chi connectivity index (χ1v) is 7.70. The molecule has 0 unspecified atom stereocenters. The second-order valence-electron chi connectivity index (χ2n) is 5.36. The monoisotopic (exact) mass is 340 g/mol. The van der Waals surface area contributed by atoms with Crippen LogP contribution >= 0.6 is 0 Å². The molecule has 0 spiro atoms. The van der Waals surface area contributed by atoms with E-state index in [1.807, 2.05) is 42.5 Å². The number of nitrogens with one attached hydrogen (secondary N) is 1. The highest BCUT2D eigenvalue weighted by atomic mass is 16.5. The number of H-pyrrole nitrogens is 1. The fourth-order valence-corrected chi connectivity index (χ4v) is 2.49. The molecular formula is C18H20N4O3. The minimum Gasteiger partial charge on any atom is -0.497 e. The third-order valence-corrected chi connectivity index (χ3v) is 3.91. The lowest BCUT2D eigenvalue weighted by atomic mass is 10.1. The zero-order valence-corrected chi connectivity index (χ0v) is 14.3. The second kappa shape index (κ2) is 7.23. The van der Waals surface area contributed by atoms with Crippen molar-refractivity contribution in [3.05, 3.63) is 53.9 Å². The van der Waals surface area contributed by atoms with E-state index in [1.165, 1.54) is 0 Å². The van der Waals surface area contributed by atoms with Gasteiger partial charge in [-0.3, -0.25) is 5.10 Å². The van der Waals surface area contributed by atoms with E-state index in [9.17, 15) is 0 Å². The molecule has 0 saturated heterocycles. The lowest BCUT2D eigenvalue weighted by Crippen LogP contribution is -2.14. The van der Waals surface area contributed by atoms with Gasteiger partial charge in [0, 0.05) is 5.56 Å². The molecule has 7 nitrogen and oxygen atoms in total. The Morgan fingerprint density at radius 1 is 0.920 bits per heavy atom. The Bertz CT molecular complexity index is 846. The average Bonchev–Trinajstić information content (AvgIpc) is 3.17. The van der Waals surface area contributed by atoms with Gasteiger partial charge in [0.2, 0.25) is 0 Å². The lowest BCUT2D eigenvalue weighted by Gasteiger charge is -2.13. The van der Waals surface area contributed by atoms with Gasteiger partial charge in [-0.1, -0.05) is 6.07 Å². The van der Waals surface area contributed by atoms with Gasteiger partial charge in [0.15, 0.2) is 17.3 Å². The number of aromatic amines is 1. The number of aromatic nitrogens is 3. The maximum Gasteiger partial charge on any atom is 0.181 e. The number of hydrogen-bond donors (Lipinski definition) is 2. The van der Waals surface area contributed by atoms with Crippen LogP contribution in [0.5, 0.6) is 17.2 Å². The van der Waals surface area contributed by atoms with Crippen molar-refractivity contribution in [3.8, 4) is 28.6 Å². The van der Waals surface area contributed by atoms with Crippen LogP contribution in [0.1, 0.15) is 17.4 Å². The van der Waals surface area contributed by atoms with Crippen LogP contribution in [0.3, 0.4) is 0 Å². The molecule has 0 aliphatic carbocycles. The molecule has 25 heavy (non-hydrogen) atoms. The molecule has 1 heterocycles. The van der Waals surface area contributed by atoms with Crippen LogP contribution in [0.2, 0.25) is 0 Å². The molecule has 1 aromatic heterocycles. The molecule has 3 rings (SSSR count). The van der Waals surface area contributed by atoms with Crippen LogP contribution in [0, 0.1) is 0 Å². The van der Waals surface area contributed by atoms with E-state index in [0.717, 1.165) is 16.9 Å². The van der Waals surface area contributed by atoms with Crippen molar-refractivity contribution in [2.24, 2.45) is 5.73 Å². The van der Waals surface area contributed by atoms with Gasteiger partial charge in [-0.05, 0) is 42.0 Å². The first kappa shape index (κ1) is 16.8. The average molecular weight is 340 g/mol. The Kier molecular flexibility index (Phi) is 4.85. The molecular weight excluding hydrogens is 320 g/mol. The van der Waals surface area contributed by atoms with Gasteiger partial charge in [-0.2, -0.15) is 5.10 Å². The van der Waals surface area contributed by atoms with Gasteiger partial charge >= 0.3 is 0 Å². The third-order valence-electron chi connectivity index (χ3n) is 3.91. The highest BCUT2D eigenvalue weighted by molar-refractivity contribution is 5.56. The zero-order valence-electron chi connectivity index (χ0n) is 14.3. The molecule has 1 atom stereocenters. The van der Waals surface area contributed by atoms with E-state index in [4.69, 9.17) is 19.9 Å². The maximum atomic E-state index is 6.32. The summed E-state index contributed by atoms with van der Waals surface area (Å²) < 4.78 is 15.7. The van der Waals surface area contributed by atoms with Crippen molar-refractivity contribution in [2.75, 3.05) is 21.3 Å². The lowest BCUT2D eigenvalue weighted by molar-refractivity contribution is 0.354. The fourth-order valence-electron chi connectivity index (χ4n) is 2.49. The minimum atomic E-state index is -0.459. The molecule has 0 amide bonds. The van der Waals surface area contributed by atoms with Crippen molar-refractivity contribution >= 4 is 0 Å². The van der Waals surface area contributed by atoms with Crippen molar-refractivity contribution in [2.45, 2.75) is 6.04 Å². The highest BCUT2D eigenvalue weighted by Crippen LogP contribution is 2.31. The van der Waals surface area contributed by atoms with Crippen LogP contribution in [-0.2, 0) is 0 Å². The summed E-state index contributed by atoms with van der Waals surface area (Å²) in [6.45, 7) is 0. The molecule has 130 valence electrons. The summed E-state index contributed by atoms with van der Waals surface area (Å²) in [5.41, 5.74) is 8.04. The Hall–Kier alpha value is -3.06. The Morgan fingerprint density at radius 3 is 2.28 bits per heavy atom. The molecule has 7 heteroatoms. The largest absolute Gasteiger partial charge is 0.497 e. The molecule has 2 aromatic carbocycles. The fraction of sp³-hybridized carbons (Fsp3) is 0.222. The van der Waals surface area contributed by atoms with E-state index in [0.29, 0.717) is 23.1 Å². The SMILES string of the molecule is COc1ccc(-c2n[nH]c([C@@H](N)c3ccc(OC)c(OC)c3)n2)cc1. The van der Waals surface area contributed by atoms with Gasteiger partial charge in [-0.25, -0.2) is 4.98 Å². The summed E-state index contributed by atoms with van der Waals surface area (Å²) in [5.74, 6) is 3.19. The van der Waals surface area contributed by atoms with Crippen LogP contribution in [0.25, 0.3) is 11.4 Å². The quantitative estimate of drug-likeness (QED) is 0.716. The second-order valence-corrected chi connectivity index (χ2v) is 5.36. The number of methoxy groups -OCH3 is 3. The standard InChI is InChI=1S/C18H20N4O3/c1-23-13-7-4-11(5-8-13)17-20-18(22-21-17)16(19)12-6-9-14(24-2)15(10-12)25-3/h4-10,16H,19H2,1-3H3,(H,20,21,22)/t16-/m0/s1. The van der Waals surface area contributed by atoms with Crippen molar-refractivity contribution in [3.63, 3.8) is 0 Å². The molecule has 0 aliphatic rings. The molecule has 3 aromatic rings. The number of nitrogens with two attached hydrogens (primary N) is 1. The topological polar surface area (TPSA) is 95.3 Å². The van der Waals surface area contributed by atoms with Gasteiger partial charge in [-0.15, -0.1) is 0 Å². The summed E-state index contributed by atoms with van der Waals surface area (Å²) in [4.78, 5) is 4.51. The summed E-state index contributed by atoms with van der Waals surface area (Å²) in [7, 11) is 4.81. The van der Waals surface area contributed by atoms with Gasteiger partial charge < -0.3 is 19.9 Å². The summed E-state index contributed by atoms with van der Waals surface area (Å²) in [6, 6.07) is 12.6. The highest BCUT2D eigenvalue weighted by Gasteiger charge is 2.17. The number of hydrogen-bond acceptors (Lipinski definition) is 6. The van der Waals surface area contributed by atoms with E-state index in [2.05, 4.69) is 15.2 Å². The molecule has 0 fully saturated rings. The number of ether oxygens (including phenoxy) is 3. The van der Waals surface area contributed by atoms with Crippen molar-refractivity contribution in [1.82, 2.24) is 15.2 Å². The van der Waals surface area contributed by atoms with Crippen molar-refractivity contribution in [1.29, 1.82) is 0 Å². The maximum absolute atomic E-state index is 6.32. The van der Waals surface area contributed by atoms with Gasteiger partial charge in [0.25, 0.3) is 0 Å². The van der Waals surface area contributed by atoms with Crippen LogP contribution in [0.15, 0.2) is 42.5 Å².